The number of nitrogens with zero attached hydrogens (tertiary/aromatic N) is 4. The van der Waals surface area contributed by atoms with E-state index in [1.807, 2.05) is 23.7 Å². The van der Waals surface area contributed by atoms with E-state index < -0.39 is 0 Å². The van der Waals surface area contributed by atoms with Crippen LogP contribution in [0.2, 0.25) is 0 Å². The number of pyridine rings is 1. The first-order valence-corrected chi connectivity index (χ1v) is 6.41. The quantitative estimate of drug-likeness (QED) is 0.864. The van der Waals surface area contributed by atoms with Crippen molar-refractivity contribution in [2.45, 2.75) is 33.4 Å². The Balaban J connectivity index is 1.96. The van der Waals surface area contributed by atoms with Crippen molar-refractivity contribution < 1.29 is 4.74 Å². The van der Waals surface area contributed by atoms with Crippen LogP contribution < -0.4 is 10.1 Å². The monoisotopic (exact) mass is 261 g/mol. The van der Waals surface area contributed by atoms with Crippen LogP contribution >= 0.6 is 0 Å². The standard InChI is InChI=1S/C13H19N5O/c1-4-19-13-6-5-11(7-15-13)14-8-12-16-9-17-18(12)10(2)3/h5-7,9-10,14H,4,8H2,1-3H3. The summed E-state index contributed by atoms with van der Waals surface area (Å²) in [5, 5.41) is 7.47. The topological polar surface area (TPSA) is 64.9 Å². The van der Waals surface area contributed by atoms with Gasteiger partial charge in [-0.1, -0.05) is 0 Å². The average molecular weight is 261 g/mol. The van der Waals surface area contributed by atoms with Crippen molar-refractivity contribution in [2.24, 2.45) is 0 Å². The molecule has 1 N–H and O–H groups in total. The Kier molecular flexibility index (Phi) is 4.33. The molecule has 0 aromatic carbocycles. The fourth-order valence-corrected chi connectivity index (χ4v) is 1.73. The minimum absolute atomic E-state index is 0.303. The van der Waals surface area contributed by atoms with Gasteiger partial charge in [-0.3, -0.25) is 0 Å². The number of rotatable bonds is 6. The summed E-state index contributed by atoms with van der Waals surface area (Å²) in [6.45, 7) is 7.34. The van der Waals surface area contributed by atoms with Crippen LogP contribution in [-0.4, -0.2) is 26.4 Å². The molecule has 102 valence electrons. The van der Waals surface area contributed by atoms with Crippen molar-refractivity contribution in [3.05, 3.63) is 30.5 Å². The Labute approximate surface area is 112 Å². The molecule has 6 heteroatoms. The zero-order valence-corrected chi connectivity index (χ0v) is 11.5. The first-order valence-electron chi connectivity index (χ1n) is 6.41. The highest BCUT2D eigenvalue weighted by molar-refractivity contribution is 5.42. The molecule has 0 aliphatic carbocycles. The van der Waals surface area contributed by atoms with Crippen molar-refractivity contribution in [3.63, 3.8) is 0 Å². The highest BCUT2D eigenvalue weighted by Gasteiger charge is 2.07. The Morgan fingerprint density at radius 3 is 2.79 bits per heavy atom. The van der Waals surface area contributed by atoms with Gasteiger partial charge in [-0.2, -0.15) is 5.10 Å². The van der Waals surface area contributed by atoms with Crippen molar-refractivity contribution >= 4 is 5.69 Å². The summed E-state index contributed by atoms with van der Waals surface area (Å²) < 4.78 is 7.19. The van der Waals surface area contributed by atoms with Gasteiger partial charge >= 0.3 is 0 Å². The molecular weight excluding hydrogens is 242 g/mol. The molecule has 0 spiro atoms. The molecule has 6 nitrogen and oxygen atoms in total. The number of ether oxygens (including phenoxy) is 1. The second-order valence-electron chi connectivity index (χ2n) is 4.39. The van der Waals surface area contributed by atoms with Gasteiger partial charge in [0.1, 0.15) is 12.2 Å². The van der Waals surface area contributed by atoms with E-state index in [1.165, 1.54) is 0 Å². The van der Waals surface area contributed by atoms with Gasteiger partial charge in [-0.15, -0.1) is 0 Å². The van der Waals surface area contributed by atoms with Crippen LogP contribution in [0.15, 0.2) is 24.7 Å². The van der Waals surface area contributed by atoms with E-state index in [4.69, 9.17) is 4.74 Å². The van der Waals surface area contributed by atoms with Crippen LogP contribution in [0, 0.1) is 0 Å². The maximum Gasteiger partial charge on any atom is 0.213 e. The molecule has 2 aromatic heterocycles. The molecule has 0 radical (unpaired) electrons. The first-order chi connectivity index (χ1) is 9.20. The molecule has 0 saturated heterocycles. The molecule has 0 bridgehead atoms. The van der Waals surface area contributed by atoms with E-state index in [9.17, 15) is 0 Å². The molecule has 0 unspecified atom stereocenters. The second kappa shape index (κ2) is 6.17. The van der Waals surface area contributed by atoms with Crippen molar-refractivity contribution in [1.82, 2.24) is 19.7 Å². The fraction of sp³-hybridized carbons (Fsp3) is 0.462. The lowest BCUT2D eigenvalue weighted by atomic mass is 10.4. The predicted molar refractivity (Wildman–Crippen MR) is 73.1 cm³/mol. The molecule has 0 aliphatic rings. The van der Waals surface area contributed by atoms with E-state index in [1.54, 1.807) is 12.5 Å². The van der Waals surface area contributed by atoms with Crippen LogP contribution in [0.25, 0.3) is 0 Å². The van der Waals surface area contributed by atoms with Gasteiger partial charge in [0, 0.05) is 12.1 Å². The SMILES string of the molecule is CCOc1ccc(NCc2ncnn2C(C)C)cn1. The Morgan fingerprint density at radius 2 is 2.16 bits per heavy atom. The largest absolute Gasteiger partial charge is 0.478 e. The molecule has 2 heterocycles. The van der Waals surface area contributed by atoms with Crippen molar-refractivity contribution in [2.75, 3.05) is 11.9 Å². The average Bonchev–Trinajstić information content (AvgIpc) is 2.87. The Morgan fingerprint density at radius 1 is 1.32 bits per heavy atom. The summed E-state index contributed by atoms with van der Waals surface area (Å²) >= 11 is 0. The van der Waals surface area contributed by atoms with E-state index >= 15 is 0 Å². The lowest BCUT2D eigenvalue weighted by Gasteiger charge is -2.10. The third-order valence-corrected chi connectivity index (χ3v) is 2.62. The van der Waals surface area contributed by atoms with Crippen LogP contribution in [0.5, 0.6) is 5.88 Å². The van der Waals surface area contributed by atoms with E-state index in [2.05, 4.69) is 34.2 Å². The summed E-state index contributed by atoms with van der Waals surface area (Å²) in [6, 6.07) is 4.09. The van der Waals surface area contributed by atoms with Gasteiger partial charge in [0.2, 0.25) is 5.88 Å². The Hall–Kier alpha value is -2.11. The zero-order valence-electron chi connectivity index (χ0n) is 11.5. The van der Waals surface area contributed by atoms with E-state index in [0.717, 1.165) is 11.5 Å². The maximum absolute atomic E-state index is 5.30. The molecule has 0 fully saturated rings. The number of hydrogen-bond acceptors (Lipinski definition) is 5. The second-order valence-corrected chi connectivity index (χ2v) is 4.39. The molecule has 2 aromatic rings. The number of hydrogen-bond donors (Lipinski definition) is 1. The van der Waals surface area contributed by atoms with Crippen LogP contribution in [0.1, 0.15) is 32.6 Å². The molecule has 0 atom stereocenters. The number of anilines is 1. The lowest BCUT2D eigenvalue weighted by molar-refractivity contribution is 0.327. The zero-order chi connectivity index (χ0) is 13.7. The number of nitrogens with one attached hydrogen (secondary N) is 1. The number of aromatic nitrogens is 4. The summed E-state index contributed by atoms with van der Waals surface area (Å²) in [7, 11) is 0. The predicted octanol–water partition coefficient (Wildman–Crippen LogP) is 2.26. The summed E-state index contributed by atoms with van der Waals surface area (Å²) in [4.78, 5) is 8.44. The normalized spacial score (nSPS) is 10.7. The highest BCUT2D eigenvalue weighted by atomic mass is 16.5. The van der Waals surface area contributed by atoms with Gasteiger partial charge in [0.05, 0.1) is 25.0 Å². The minimum atomic E-state index is 0.303. The van der Waals surface area contributed by atoms with Crippen LogP contribution in [-0.2, 0) is 6.54 Å². The third kappa shape index (κ3) is 3.43. The smallest absolute Gasteiger partial charge is 0.213 e. The van der Waals surface area contributed by atoms with Gasteiger partial charge < -0.3 is 10.1 Å². The summed E-state index contributed by atoms with van der Waals surface area (Å²) in [5.74, 6) is 1.54. The molecule has 0 saturated carbocycles. The van der Waals surface area contributed by atoms with Gasteiger partial charge in [-0.05, 0) is 26.8 Å². The van der Waals surface area contributed by atoms with Crippen LogP contribution in [0.3, 0.4) is 0 Å². The maximum atomic E-state index is 5.30. The fourth-order valence-electron chi connectivity index (χ4n) is 1.73. The Bertz CT molecular complexity index is 506. The third-order valence-electron chi connectivity index (χ3n) is 2.62. The molecule has 0 amide bonds. The minimum Gasteiger partial charge on any atom is -0.478 e. The van der Waals surface area contributed by atoms with E-state index in [0.29, 0.717) is 25.1 Å². The molecule has 2 rings (SSSR count). The van der Waals surface area contributed by atoms with Gasteiger partial charge in [0.25, 0.3) is 0 Å². The summed E-state index contributed by atoms with van der Waals surface area (Å²) in [6.07, 6.45) is 3.33. The van der Waals surface area contributed by atoms with E-state index in [-0.39, 0.29) is 0 Å². The van der Waals surface area contributed by atoms with Crippen molar-refractivity contribution in [1.29, 1.82) is 0 Å². The van der Waals surface area contributed by atoms with Gasteiger partial charge in [-0.25, -0.2) is 14.6 Å². The lowest BCUT2D eigenvalue weighted by Crippen LogP contribution is -2.12. The molecule has 19 heavy (non-hydrogen) atoms. The first kappa shape index (κ1) is 13.3. The summed E-state index contributed by atoms with van der Waals surface area (Å²) in [5.41, 5.74) is 0.932. The van der Waals surface area contributed by atoms with Crippen molar-refractivity contribution in [3.8, 4) is 5.88 Å². The molecule has 0 aliphatic heterocycles. The molecular formula is C13H19N5O. The van der Waals surface area contributed by atoms with Crippen LogP contribution in [0.4, 0.5) is 5.69 Å². The van der Waals surface area contributed by atoms with Gasteiger partial charge in [0.15, 0.2) is 0 Å². The highest BCUT2D eigenvalue weighted by Crippen LogP contribution is 2.13.